The highest BCUT2D eigenvalue weighted by atomic mass is 16.5. The fourth-order valence-electron chi connectivity index (χ4n) is 4.30. The quantitative estimate of drug-likeness (QED) is 0.436. The Labute approximate surface area is 201 Å². The van der Waals surface area contributed by atoms with Crippen molar-refractivity contribution in [3.8, 4) is 22.6 Å². The Balaban J connectivity index is 1.86. The summed E-state index contributed by atoms with van der Waals surface area (Å²) in [6, 6.07) is 19.8. The molecule has 1 N–H and O–H groups in total. The lowest BCUT2D eigenvalue weighted by Gasteiger charge is -2.29. The third-order valence-corrected chi connectivity index (χ3v) is 5.82. The van der Waals surface area contributed by atoms with Gasteiger partial charge in [0.05, 0.1) is 12.2 Å². The van der Waals surface area contributed by atoms with Crippen LogP contribution in [0.15, 0.2) is 60.7 Å². The summed E-state index contributed by atoms with van der Waals surface area (Å²) >= 11 is 0. The zero-order valence-electron chi connectivity index (χ0n) is 20.3. The molecule has 4 rings (SSSR count). The standard InChI is InChI=1S/C29H32O5/c1-19-12-14-24(33-18-20-9-6-5-7-10-20)26(25(19)27(28(30)31)34-29(2,3)4)22-13-15-23-21(17-22)11-8-16-32-23/h5-7,9-10,12-15,17,27H,8,11,16,18H2,1-4H3,(H,30,31)/t27-/m0/s1. The first kappa shape index (κ1) is 23.8. The molecule has 0 radical (unpaired) electrons. The van der Waals surface area contributed by atoms with E-state index in [1.807, 2.05) is 82.3 Å². The average Bonchev–Trinajstić information content (AvgIpc) is 2.81. The largest absolute Gasteiger partial charge is 0.493 e. The van der Waals surface area contributed by atoms with Crippen LogP contribution in [-0.2, 0) is 22.6 Å². The van der Waals surface area contributed by atoms with Crippen molar-refractivity contribution in [3.63, 3.8) is 0 Å². The highest BCUT2D eigenvalue weighted by Crippen LogP contribution is 2.43. The van der Waals surface area contributed by atoms with Crippen LogP contribution in [0.2, 0.25) is 0 Å². The summed E-state index contributed by atoms with van der Waals surface area (Å²) in [4.78, 5) is 12.5. The van der Waals surface area contributed by atoms with E-state index >= 15 is 0 Å². The van der Waals surface area contributed by atoms with Crippen LogP contribution in [0.3, 0.4) is 0 Å². The van der Waals surface area contributed by atoms with Gasteiger partial charge in [0.15, 0.2) is 6.10 Å². The van der Waals surface area contributed by atoms with Crippen LogP contribution in [0.1, 0.15) is 55.5 Å². The first-order valence-electron chi connectivity index (χ1n) is 11.7. The normalized spacial score (nSPS) is 14.1. The van der Waals surface area contributed by atoms with E-state index in [2.05, 4.69) is 6.07 Å². The molecule has 0 aliphatic carbocycles. The zero-order chi connectivity index (χ0) is 24.3. The Bertz CT molecular complexity index is 1160. The molecule has 0 bridgehead atoms. The van der Waals surface area contributed by atoms with Crippen molar-refractivity contribution >= 4 is 5.97 Å². The minimum absolute atomic E-state index is 0.377. The maximum Gasteiger partial charge on any atom is 0.337 e. The Kier molecular flexibility index (Phi) is 6.94. The molecule has 1 aliphatic heterocycles. The van der Waals surface area contributed by atoms with Crippen molar-refractivity contribution in [3.05, 3.63) is 82.9 Å². The van der Waals surface area contributed by atoms with Crippen LogP contribution in [0.5, 0.6) is 11.5 Å². The van der Waals surface area contributed by atoms with Crippen LogP contribution in [-0.4, -0.2) is 23.3 Å². The molecule has 3 aromatic rings. The molecule has 5 heteroatoms. The number of hydrogen-bond donors (Lipinski definition) is 1. The number of carboxylic acid groups (broad SMARTS) is 1. The van der Waals surface area contributed by atoms with E-state index in [9.17, 15) is 9.90 Å². The summed E-state index contributed by atoms with van der Waals surface area (Å²) in [5, 5.41) is 10.2. The molecule has 178 valence electrons. The van der Waals surface area contributed by atoms with Crippen molar-refractivity contribution in [2.45, 2.75) is 58.8 Å². The molecule has 0 fully saturated rings. The number of carboxylic acids is 1. The van der Waals surface area contributed by atoms with Gasteiger partial charge in [0.1, 0.15) is 18.1 Å². The molecule has 0 aromatic heterocycles. The summed E-state index contributed by atoms with van der Waals surface area (Å²) in [5.74, 6) is 0.488. The van der Waals surface area contributed by atoms with Gasteiger partial charge in [0.25, 0.3) is 0 Å². The fourth-order valence-corrected chi connectivity index (χ4v) is 4.30. The monoisotopic (exact) mass is 460 g/mol. The number of ether oxygens (including phenoxy) is 3. The highest BCUT2D eigenvalue weighted by molar-refractivity contribution is 5.84. The van der Waals surface area contributed by atoms with Gasteiger partial charge < -0.3 is 19.3 Å². The smallest absolute Gasteiger partial charge is 0.337 e. The molecule has 0 saturated heterocycles. The Morgan fingerprint density at radius 1 is 1.09 bits per heavy atom. The third kappa shape index (κ3) is 5.42. The van der Waals surface area contributed by atoms with Gasteiger partial charge in [-0.05, 0) is 81.0 Å². The number of aliphatic carboxylic acids is 1. The highest BCUT2D eigenvalue weighted by Gasteiger charge is 2.32. The summed E-state index contributed by atoms with van der Waals surface area (Å²) in [6.07, 6.45) is 0.743. The van der Waals surface area contributed by atoms with Gasteiger partial charge in [0.2, 0.25) is 0 Å². The van der Waals surface area contributed by atoms with Crippen LogP contribution in [0.25, 0.3) is 11.1 Å². The molecule has 0 spiro atoms. The predicted octanol–water partition coefficient (Wildman–Crippen LogP) is 6.51. The van der Waals surface area contributed by atoms with E-state index < -0.39 is 17.7 Å². The van der Waals surface area contributed by atoms with Crippen molar-refractivity contribution in [2.75, 3.05) is 6.61 Å². The van der Waals surface area contributed by atoms with Crippen LogP contribution in [0, 0.1) is 6.92 Å². The molecule has 1 aliphatic rings. The van der Waals surface area contributed by atoms with Crippen molar-refractivity contribution in [2.24, 2.45) is 0 Å². The van der Waals surface area contributed by atoms with E-state index in [-0.39, 0.29) is 0 Å². The van der Waals surface area contributed by atoms with Crippen LogP contribution < -0.4 is 9.47 Å². The SMILES string of the molecule is Cc1ccc(OCc2ccccc2)c(-c2ccc3c(c2)CCCO3)c1[C@H](OC(C)(C)C)C(=O)O. The maximum absolute atomic E-state index is 12.5. The van der Waals surface area contributed by atoms with E-state index in [1.54, 1.807) is 0 Å². The van der Waals surface area contributed by atoms with Gasteiger partial charge in [-0.1, -0.05) is 42.5 Å². The molecule has 34 heavy (non-hydrogen) atoms. The molecule has 0 saturated carbocycles. The lowest BCUT2D eigenvalue weighted by Crippen LogP contribution is -2.28. The average molecular weight is 461 g/mol. The topological polar surface area (TPSA) is 65.0 Å². The maximum atomic E-state index is 12.5. The van der Waals surface area contributed by atoms with Gasteiger partial charge in [-0.15, -0.1) is 0 Å². The van der Waals surface area contributed by atoms with E-state index in [4.69, 9.17) is 14.2 Å². The molecular weight excluding hydrogens is 428 g/mol. The second-order valence-electron chi connectivity index (χ2n) is 9.67. The zero-order valence-corrected chi connectivity index (χ0v) is 20.3. The number of carbonyl (C=O) groups is 1. The molecule has 0 unspecified atom stereocenters. The minimum Gasteiger partial charge on any atom is -0.493 e. The lowest BCUT2D eigenvalue weighted by atomic mass is 9.89. The second kappa shape index (κ2) is 9.90. The molecule has 3 aromatic carbocycles. The van der Waals surface area contributed by atoms with Crippen molar-refractivity contribution < 1.29 is 24.1 Å². The summed E-state index contributed by atoms with van der Waals surface area (Å²) in [6.45, 7) is 8.61. The number of fused-ring (bicyclic) bond motifs is 1. The number of aryl methyl sites for hydroxylation is 2. The van der Waals surface area contributed by atoms with Gasteiger partial charge in [-0.2, -0.15) is 0 Å². The lowest BCUT2D eigenvalue weighted by molar-refractivity contribution is -0.160. The Morgan fingerprint density at radius 3 is 2.56 bits per heavy atom. The molecule has 1 atom stereocenters. The van der Waals surface area contributed by atoms with E-state index in [1.165, 1.54) is 0 Å². The minimum atomic E-state index is -1.14. The van der Waals surface area contributed by atoms with Gasteiger partial charge in [-0.25, -0.2) is 4.79 Å². The second-order valence-corrected chi connectivity index (χ2v) is 9.67. The predicted molar refractivity (Wildman–Crippen MR) is 132 cm³/mol. The van der Waals surface area contributed by atoms with Crippen LogP contribution in [0.4, 0.5) is 0 Å². The summed E-state index contributed by atoms with van der Waals surface area (Å²) in [7, 11) is 0. The van der Waals surface area contributed by atoms with Crippen molar-refractivity contribution in [1.82, 2.24) is 0 Å². The van der Waals surface area contributed by atoms with E-state index in [0.717, 1.165) is 46.4 Å². The third-order valence-electron chi connectivity index (χ3n) is 5.82. The number of benzene rings is 3. The fraction of sp³-hybridized carbons (Fsp3) is 0.345. The first-order valence-corrected chi connectivity index (χ1v) is 11.7. The van der Waals surface area contributed by atoms with Crippen LogP contribution >= 0.6 is 0 Å². The number of rotatable bonds is 7. The summed E-state index contributed by atoms with van der Waals surface area (Å²) < 4.78 is 18.2. The molecule has 0 amide bonds. The Morgan fingerprint density at radius 2 is 1.85 bits per heavy atom. The first-order chi connectivity index (χ1) is 16.2. The van der Waals surface area contributed by atoms with Crippen molar-refractivity contribution in [1.29, 1.82) is 0 Å². The molecular formula is C29H32O5. The van der Waals surface area contributed by atoms with E-state index in [0.29, 0.717) is 24.5 Å². The Hall–Kier alpha value is -3.31. The van der Waals surface area contributed by atoms with Gasteiger partial charge in [-0.3, -0.25) is 0 Å². The molecule has 1 heterocycles. The molecule has 5 nitrogen and oxygen atoms in total. The number of hydrogen-bond acceptors (Lipinski definition) is 4. The van der Waals surface area contributed by atoms with Gasteiger partial charge in [0, 0.05) is 11.1 Å². The summed E-state index contributed by atoms with van der Waals surface area (Å²) in [5.41, 5.74) is 4.62. The van der Waals surface area contributed by atoms with Gasteiger partial charge >= 0.3 is 5.97 Å².